The zero-order valence-corrected chi connectivity index (χ0v) is 14.5. The quantitative estimate of drug-likeness (QED) is 0.492. The Kier molecular flexibility index (Phi) is 4.15. The van der Waals surface area contributed by atoms with Crippen LogP contribution in [-0.4, -0.2) is 10.3 Å². The number of nitrogens with one attached hydrogen (secondary N) is 2. The van der Waals surface area contributed by atoms with Gasteiger partial charge < -0.3 is 9.05 Å². The van der Waals surface area contributed by atoms with E-state index in [1.165, 1.54) is 0 Å². The minimum Gasteiger partial charge on any atom is -0.354 e. The topological polar surface area (TPSA) is 76.1 Å². The molecule has 0 fully saturated rings. The number of hydrogen-bond acceptors (Lipinski definition) is 6. The van der Waals surface area contributed by atoms with Crippen LogP contribution in [0, 0.1) is 13.8 Å². The van der Waals surface area contributed by atoms with Crippen molar-refractivity contribution in [1.29, 1.82) is 0 Å². The van der Waals surface area contributed by atoms with Crippen molar-refractivity contribution in [3.05, 3.63) is 71.8 Å². The van der Waals surface area contributed by atoms with Gasteiger partial charge >= 0.3 is 0 Å². The summed E-state index contributed by atoms with van der Waals surface area (Å²) >= 11 is 0. The molecule has 4 rings (SSSR count). The molecular formula is C20H18N4O2. The normalized spacial score (nSPS) is 10.7. The van der Waals surface area contributed by atoms with Gasteiger partial charge in [-0.3, -0.25) is 10.9 Å². The van der Waals surface area contributed by atoms with Crippen molar-refractivity contribution in [3.8, 4) is 22.6 Å². The second kappa shape index (κ2) is 6.76. The molecule has 0 aliphatic carbocycles. The van der Waals surface area contributed by atoms with Gasteiger partial charge in [0.1, 0.15) is 0 Å². The molecule has 2 N–H and O–H groups in total. The highest BCUT2D eigenvalue weighted by Gasteiger charge is 2.16. The fourth-order valence-corrected chi connectivity index (χ4v) is 2.74. The lowest BCUT2D eigenvalue weighted by atomic mass is 10.1. The molecule has 2 aromatic heterocycles. The van der Waals surface area contributed by atoms with Crippen LogP contribution in [0.3, 0.4) is 0 Å². The largest absolute Gasteiger partial charge is 0.354 e. The molecular weight excluding hydrogens is 328 g/mol. The Balaban J connectivity index is 1.52. The van der Waals surface area contributed by atoms with Gasteiger partial charge in [0.2, 0.25) is 0 Å². The number of benzene rings is 2. The van der Waals surface area contributed by atoms with Gasteiger partial charge in [-0.15, -0.1) is 0 Å². The average molecular weight is 346 g/mol. The average Bonchev–Trinajstić information content (AvgIpc) is 3.24. The van der Waals surface area contributed by atoms with Crippen molar-refractivity contribution in [1.82, 2.24) is 10.3 Å². The van der Waals surface area contributed by atoms with E-state index in [9.17, 15) is 0 Å². The number of rotatable bonds is 5. The van der Waals surface area contributed by atoms with Crippen molar-refractivity contribution in [2.45, 2.75) is 13.8 Å². The van der Waals surface area contributed by atoms with Crippen molar-refractivity contribution in [3.63, 3.8) is 0 Å². The lowest BCUT2D eigenvalue weighted by Gasteiger charge is -2.05. The number of anilines is 2. The lowest BCUT2D eigenvalue weighted by Crippen LogP contribution is -2.10. The van der Waals surface area contributed by atoms with E-state index in [0.717, 1.165) is 33.8 Å². The van der Waals surface area contributed by atoms with E-state index < -0.39 is 0 Å². The number of hydrogen-bond donors (Lipinski definition) is 2. The summed E-state index contributed by atoms with van der Waals surface area (Å²) < 4.78 is 11.0. The molecule has 0 radical (unpaired) electrons. The molecule has 0 amide bonds. The van der Waals surface area contributed by atoms with Gasteiger partial charge in [0.05, 0.1) is 0 Å². The predicted octanol–water partition coefficient (Wildman–Crippen LogP) is 5.05. The second-order valence-corrected chi connectivity index (χ2v) is 5.95. The van der Waals surface area contributed by atoms with Crippen molar-refractivity contribution in [2.24, 2.45) is 0 Å². The maximum Gasteiger partial charge on any atom is 0.191 e. The Labute approximate surface area is 150 Å². The molecule has 0 aliphatic rings. The van der Waals surface area contributed by atoms with Gasteiger partial charge in [0.15, 0.2) is 23.2 Å². The maximum atomic E-state index is 5.48. The molecule has 130 valence electrons. The van der Waals surface area contributed by atoms with Crippen LogP contribution in [0.4, 0.5) is 11.6 Å². The summed E-state index contributed by atoms with van der Waals surface area (Å²) in [6.07, 6.45) is 0. The molecule has 0 saturated carbocycles. The van der Waals surface area contributed by atoms with Gasteiger partial charge in [-0.25, -0.2) is 0 Å². The van der Waals surface area contributed by atoms with Crippen LogP contribution in [0.5, 0.6) is 0 Å². The van der Waals surface area contributed by atoms with E-state index >= 15 is 0 Å². The molecule has 6 nitrogen and oxygen atoms in total. The lowest BCUT2D eigenvalue weighted by molar-refractivity contribution is 0.433. The van der Waals surface area contributed by atoms with Gasteiger partial charge in [-0.1, -0.05) is 71.0 Å². The Hall–Kier alpha value is -3.54. The Morgan fingerprint density at radius 2 is 1.00 bits per heavy atom. The van der Waals surface area contributed by atoms with Crippen LogP contribution in [0.15, 0.2) is 69.7 Å². The van der Waals surface area contributed by atoms with E-state index in [2.05, 4.69) is 21.2 Å². The zero-order chi connectivity index (χ0) is 17.9. The number of nitrogens with zero attached hydrogens (tertiary/aromatic N) is 2. The third-order valence-electron chi connectivity index (χ3n) is 4.22. The van der Waals surface area contributed by atoms with Crippen LogP contribution in [0.1, 0.15) is 11.1 Å². The van der Waals surface area contributed by atoms with Crippen molar-refractivity contribution in [2.75, 3.05) is 10.9 Å². The fraction of sp³-hybridized carbons (Fsp3) is 0.100. The Bertz CT molecular complexity index is 923. The first kappa shape index (κ1) is 16.0. The van der Waals surface area contributed by atoms with Gasteiger partial charge in [-0.2, -0.15) is 0 Å². The third-order valence-corrected chi connectivity index (χ3v) is 4.22. The standard InChI is InChI=1S/C20H18N4O2/c1-13-17(15-9-5-3-6-10-15)25-23-19(13)21-22-20-14(2)18(26-24-20)16-11-7-4-8-12-16/h3-12H,1-2H3,(H,21,23)(H,22,24). The van der Waals surface area contributed by atoms with E-state index in [1.54, 1.807) is 0 Å². The summed E-state index contributed by atoms with van der Waals surface area (Å²) in [4.78, 5) is 0. The first-order valence-electron chi connectivity index (χ1n) is 8.29. The number of aromatic nitrogens is 2. The fourth-order valence-electron chi connectivity index (χ4n) is 2.74. The van der Waals surface area contributed by atoms with E-state index in [1.807, 2.05) is 74.5 Å². The molecule has 2 heterocycles. The highest BCUT2D eigenvalue weighted by atomic mass is 16.5. The Morgan fingerprint density at radius 1 is 0.615 bits per heavy atom. The molecule has 4 aromatic rings. The molecule has 2 aromatic carbocycles. The summed E-state index contributed by atoms with van der Waals surface area (Å²) in [5.41, 5.74) is 9.88. The number of hydrazine groups is 1. The first-order valence-corrected chi connectivity index (χ1v) is 8.29. The molecule has 0 saturated heterocycles. The molecule has 0 atom stereocenters. The molecule has 0 bridgehead atoms. The molecule has 6 heteroatoms. The smallest absolute Gasteiger partial charge is 0.191 e. The SMILES string of the molecule is Cc1c(NNc2noc(-c3ccccc3)c2C)noc1-c1ccccc1. The summed E-state index contributed by atoms with van der Waals surface area (Å²) in [7, 11) is 0. The van der Waals surface area contributed by atoms with Gasteiger partial charge in [0, 0.05) is 22.3 Å². The summed E-state index contributed by atoms with van der Waals surface area (Å²) in [5.74, 6) is 2.67. The summed E-state index contributed by atoms with van der Waals surface area (Å²) in [5, 5.41) is 8.19. The summed E-state index contributed by atoms with van der Waals surface area (Å²) in [6, 6.07) is 19.7. The molecule has 0 spiro atoms. The van der Waals surface area contributed by atoms with E-state index in [-0.39, 0.29) is 0 Å². The predicted molar refractivity (Wildman–Crippen MR) is 101 cm³/mol. The van der Waals surface area contributed by atoms with Gasteiger partial charge in [0.25, 0.3) is 0 Å². The van der Waals surface area contributed by atoms with Crippen LogP contribution in [0.25, 0.3) is 22.6 Å². The summed E-state index contributed by atoms with van der Waals surface area (Å²) in [6.45, 7) is 3.90. The van der Waals surface area contributed by atoms with E-state index in [4.69, 9.17) is 9.05 Å². The Morgan fingerprint density at radius 3 is 1.38 bits per heavy atom. The molecule has 0 aliphatic heterocycles. The highest BCUT2D eigenvalue weighted by Crippen LogP contribution is 2.30. The van der Waals surface area contributed by atoms with Crippen LogP contribution in [0.2, 0.25) is 0 Å². The van der Waals surface area contributed by atoms with Crippen molar-refractivity contribution >= 4 is 11.6 Å². The van der Waals surface area contributed by atoms with E-state index in [0.29, 0.717) is 11.6 Å². The monoisotopic (exact) mass is 346 g/mol. The molecule has 26 heavy (non-hydrogen) atoms. The van der Waals surface area contributed by atoms with Crippen molar-refractivity contribution < 1.29 is 9.05 Å². The highest BCUT2D eigenvalue weighted by molar-refractivity contribution is 5.69. The minimum atomic E-state index is 0.604. The zero-order valence-electron chi connectivity index (χ0n) is 14.5. The maximum absolute atomic E-state index is 5.48. The minimum absolute atomic E-state index is 0.604. The third kappa shape index (κ3) is 2.93. The van der Waals surface area contributed by atoms with Crippen LogP contribution < -0.4 is 10.9 Å². The first-order chi connectivity index (χ1) is 12.7. The second-order valence-electron chi connectivity index (χ2n) is 5.95. The van der Waals surface area contributed by atoms with Crippen LogP contribution >= 0.6 is 0 Å². The molecule has 0 unspecified atom stereocenters. The van der Waals surface area contributed by atoms with Gasteiger partial charge in [-0.05, 0) is 13.8 Å². The van der Waals surface area contributed by atoms with Crippen LogP contribution in [-0.2, 0) is 0 Å².